The number of hydrogen-bond donors (Lipinski definition) is 2. The van der Waals surface area contributed by atoms with Gasteiger partial charge in [-0.3, -0.25) is 4.79 Å². The van der Waals surface area contributed by atoms with Gasteiger partial charge in [0.1, 0.15) is 4.47 Å². The van der Waals surface area contributed by atoms with E-state index < -0.39 is 18.5 Å². The van der Waals surface area contributed by atoms with Crippen LogP contribution in [-0.4, -0.2) is 36.0 Å². The Balaban J connectivity index is 3.00. The first-order valence-electron chi connectivity index (χ1n) is 4.52. The molecule has 16 heavy (non-hydrogen) atoms. The summed E-state index contributed by atoms with van der Waals surface area (Å²) in [5, 5.41) is 0. The highest BCUT2D eigenvalue weighted by atomic mass is 79.9. The van der Waals surface area contributed by atoms with Crippen molar-refractivity contribution in [2.75, 3.05) is 24.5 Å². The first kappa shape index (κ1) is 13.0. The summed E-state index contributed by atoms with van der Waals surface area (Å²) in [4.78, 5) is 18.7. The Bertz CT molecular complexity index is 398. The summed E-state index contributed by atoms with van der Waals surface area (Å²) in [6, 6.07) is 0. The van der Waals surface area contributed by atoms with Crippen molar-refractivity contribution in [3.63, 3.8) is 0 Å². The number of H-pyrrole nitrogens is 1. The van der Waals surface area contributed by atoms with Crippen LogP contribution in [0.2, 0.25) is 0 Å². The normalized spacial score (nSPS) is 10.8. The summed E-state index contributed by atoms with van der Waals surface area (Å²) < 4.78 is 24.8. The van der Waals surface area contributed by atoms with E-state index in [0.717, 1.165) is 6.33 Å². The van der Waals surface area contributed by atoms with Crippen molar-refractivity contribution in [1.82, 2.24) is 9.97 Å². The number of anilines is 1. The van der Waals surface area contributed by atoms with Crippen molar-refractivity contribution < 1.29 is 8.78 Å². The molecule has 5 nitrogen and oxygen atoms in total. The lowest BCUT2D eigenvalue weighted by atomic mass is 10.4. The van der Waals surface area contributed by atoms with E-state index in [1.165, 1.54) is 4.90 Å². The Hall–Kier alpha value is -1.02. The van der Waals surface area contributed by atoms with Gasteiger partial charge in [-0.05, 0) is 15.9 Å². The number of nitrogens with two attached hydrogens (primary N) is 1. The molecule has 0 atom stereocenters. The summed E-state index contributed by atoms with van der Waals surface area (Å²) in [5.74, 6) is 0.175. The number of nitrogens with zero attached hydrogens (tertiary/aromatic N) is 2. The maximum absolute atomic E-state index is 12.3. The summed E-state index contributed by atoms with van der Waals surface area (Å²) >= 11 is 3.01. The number of halogens is 3. The average molecular weight is 297 g/mol. The number of rotatable bonds is 5. The summed E-state index contributed by atoms with van der Waals surface area (Å²) in [5.41, 5.74) is 4.90. The van der Waals surface area contributed by atoms with Gasteiger partial charge in [-0.15, -0.1) is 0 Å². The Morgan fingerprint density at radius 2 is 2.31 bits per heavy atom. The van der Waals surface area contributed by atoms with Crippen LogP contribution in [0.25, 0.3) is 0 Å². The van der Waals surface area contributed by atoms with E-state index in [4.69, 9.17) is 5.73 Å². The van der Waals surface area contributed by atoms with E-state index in [1.54, 1.807) is 0 Å². The fourth-order valence-corrected chi connectivity index (χ4v) is 1.67. The molecule has 0 spiro atoms. The molecule has 1 aromatic rings. The van der Waals surface area contributed by atoms with E-state index in [2.05, 4.69) is 25.9 Å². The van der Waals surface area contributed by atoms with Crippen molar-refractivity contribution >= 4 is 21.7 Å². The van der Waals surface area contributed by atoms with Crippen LogP contribution in [0, 0.1) is 0 Å². The van der Waals surface area contributed by atoms with Gasteiger partial charge in [0.25, 0.3) is 12.0 Å². The van der Waals surface area contributed by atoms with Crippen molar-refractivity contribution in [3.8, 4) is 0 Å². The van der Waals surface area contributed by atoms with Crippen LogP contribution >= 0.6 is 15.9 Å². The molecule has 0 radical (unpaired) electrons. The van der Waals surface area contributed by atoms with Crippen LogP contribution in [0.4, 0.5) is 14.6 Å². The Morgan fingerprint density at radius 1 is 1.62 bits per heavy atom. The molecule has 0 fully saturated rings. The van der Waals surface area contributed by atoms with Crippen LogP contribution in [-0.2, 0) is 0 Å². The minimum absolute atomic E-state index is 0.129. The molecule has 0 saturated heterocycles. The van der Waals surface area contributed by atoms with Crippen molar-refractivity contribution in [2.24, 2.45) is 5.73 Å². The molecular formula is C8H11BrF2N4O. The molecule has 3 N–H and O–H groups in total. The quantitative estimate of drug-likeness (QED) is 0.833. The summed E-state index contributed by atoms with van der Waals surface area (Å²) in [7, 11) is 0. The smallest absolute Gasteiger partial charge is 0.267 e. The Kier molecular flexibility index (Phi) is 4.81. The first-order chi connectivity index (χ1) is 7.56. The molecule has 1 heterocycles. The number of aromatic amines is 1. The predicted octanol–water partition coefficient (Wildman–Crippen LogP) is 0.563. The van der Waals surface area contributed by atoms with Crippen molar-refractivity contribution in [1.29, 1.82) is 0 Å². The van der Waals surface area contributed by atoms with E-state index in [-0.39, 0.29) is 23.4 Å². The lowest BCUT2D eigenvalue weighted by Gasteiger charge is -2.22. The molecule has 0 unspecified atom stereocenters. The fourth-order valence-electron chi connectivity index (χ4n) is 1.20. The van der Waals surface area contributed by atoms with Crippen LogP contribution in [0.3, 0.4) is 0 Å². The molecule has 1 aromatic heterocycles. The zero-order chi connectivity index (χ0) is 12.1. The topological polar surface area (TPSA) is 75.0 Å². The zero-order valence-electron chi connectivity index (χ0n) is 8.29. The number of alkyl halides is 2. The zero-order valence-corrected chi connectivity index (χ0v) is 9.88. The van der Waals surface area contributed by atoms with Gasteiger partial charge in [-0.1, -0.05) is 0 Å². The van der Waals surface area contributed by atoms with Gasteiger partial charge in [0.15, 0.2) is 5.82 Å². The van der Waals surface area contributed by atoms with E-state index in [9.17, 15) is 13.6 Å². The molecule has 8 heteroatoms. The lowest BCUT2D eigenvalue weighted by Crippen LogP contribution is -2.35. The second kappa shape index (κ2) is 5.90. The molecule has 0 aromatic carbocycles. The average Bonchev–Trinajstić information content (AvgIpc) is 2.21. The summed E-state index contributed by atoms with van der Waals surface area (Å²) in [6.07, 6.45) is -1.35. The SMILES string of the molecule is NCCN(CC(F)F)c1nc[nH]c(=O)c1Br. The highest BCUT2D eigenvalue weighted by Gasteiger charge is 2.17. The standard InChI is InChI=1S/C8H11BrF2N4O/c9-6-7(13-4-14-8(6)16)15(2-1-12)3-5(10)11/h4-5H,1-3,12H2,(H,13,14,16). The third-order valence-electron chi connectivity index (χ3n) is 1.84. The minimum atomic E-state index is -2.51. The molecule has 0 amide bonds. The second-order valence-corrected chi connectivity index (χ2v) is 3.79. The molecule has 1 rings (SSSR count). The van der Waals surface area contributed by atoms with Gasteiger partial charge in [0, 0.05) is 13.1 Å². The lowest BCUT2D eigenvalue weighted by molar-refractivity contribution is 0.154. The molecule has 0 bridgehead atoms. The first-order valence-corrected chi connectivity index (χ1v) is 5.32. The van der Waals surface area contributed by atoms with Crippen molar-refractivity contribution in [3.05, 3.63) is 21.2 Å². The number of nitrogens with one attached hydrogen (secondary N) is 1. The Morgan fingerprint density at radius 3 is 2.88 bits per heavy atom. The fraction of sp³-hybridized carbons (Fsp3) is 0.500. The molecule has 90 valence electrons. The predicted molar refractivity (Wildman–Crippen MR) is 59.8 cm³/mol. The van der Waals surface area contributed by atoms with Crippen LogP contribution in [0.15, 0.2) is 15.6 Å². The van der Waals surface area contributed by atoms with Crippen molar-refractivity contribution in [2.45, 2.75) is 6.43 Å². The minimum Gasteiger partial charge on any atom is -0.348 e. The highest BCUT2D eigenvalue weighted by Crippen LogP contribution is 2.19. The maximum atomic E-state index is 12.3. The van der Waals surface area contributed by atoms with Gasteiger partial charge in [-0.2, -0.15) is 0 Å². The second-order valence-electron chi connectivity index (χ2n) is 3.00. The van der Waals surface area contributed by atoms with E-state index >= 15 is 0 Å². The third-order valence-corrected chi connectivity index (χ3v) is 2.55. The number of hydrogen-bond acceptors (Lipinski definition) is 4. The largest absolute Gasteiger partial charge is 0.348 e. The van der Waals surface area contributed by atoms with E-state index in [0.29, 0.717) is 0 Å². The monoisotopic (exact) mass is 296 g/mol. The van der Waals surface area contributed by atoms with Gasteiger partial charge in [-0.25, -0.2) is 13.8 Å². The van der Waals surface area contributed by atoms with Gasteiger partial charge in [0.05, 0.1) is 12.9 Å². The maximum Gasteiger partial charge on any atom is 0.267 e. The highest BCUT2D eigenvalue weighted by molar-refractivity contribution is 9.10. The molecule has 0 aliphatic carbocycles. The number of aromatic nitrogens is 2. The van der Waals surface area contributed by atoms with Crippen LogP contribution < -0.4 is 16.2 Å². The molecule has 0 aliphatic heterocycles. The van der Waals surface area contributed by atoms with Gasteiger partial charge in [0.2, 0.25) is 0 Å². The van der Waals surface area contributed by atoms with E-state index in [1.807, 2.05) is 0 Å². The molecule has 0 aliphatic rings. The summed E-state index contributed by atoms with van der Waals surface area (Å²) in [6.45, 7) is -0.0979. The Labute approximate surface area is 98.8 Å². The molecule has 0 saturated carbocycles. The third kappa shape index (κ3) is 3.24. The van der Waals surface area contributed by atoms with Crippen LogP contribution in [0.5, 0.6) is 0 Å². The molecular weight excluding hydrogens is 286 g/mol. The van der Waals surface area contributed by atoms with Gasteiger partial charge < -0.3 is 15.6 Å². The van der Waals surface area contributed by atoms with Crippen LogP contribution in [0.1, 0.15) is 0 Å². The van der Waals surface area contributed by atoms with Gasteiger partial charge >= 0.3 is 0 Å².